The zero-order valence-electron chi connectivity index (χ0n) is 17.7. The number of anilines is 1. The van der Waals surface area contributed by atoms with Crippen LogP contribution in [0.25, 0.3) is 0 Å². The first-order valence-corrected chi connectivity index (χ1v) is 10.7. The van der Waals surface area contributed by atoms with Gasteiger partial charge >= 0.3 is 6.03 Å². The number of piperidine rings is 1. The van der Waals surface area contributed by atoms with Gasteiger partial charge in [0.2, 0.25) is 0 Å². The summed E-state index contributed by atoms with van der Waals surface area (Å²) < 4.78 is 0. The van der Waals surface area contributed by atoms with Crippen LogP contribution in [0.4, 0.5) is 10.5 Å². The summed E-state index contributed by atoms with van der Waals surface area (Å²) in [4.78, 5) is 28.9. The van der Waals surface area contributed by atoms with E-state index in [-0.39, 0.29) is 11.9 Å². The van der Waals surface area contributed by atoms with Crippen LogP contribution in [0.15, 0.2) is 24.3 Å². The fourth-order valence-electron chi connectivity index (χ4n) is 3.75. The lowest BCUT2D eigenvalue weighted by atomic mass is 10.0. The smallest absolute Gasteiger partial charge is 0.319 e. The zero-order valence-corrected chi connectivity index (χ0v) is 17.7. The van der Waals surface area contributed by atoms with E-state index >= 15 is 0 Å². The van der Waals surface area contributed by atoms with Crippen LogP contribution in [-0.4, -0.2) is 61.0 Å². The number of hydrogen-bond acceptors (Lipinski definition) is 3. The number of carbonyl (C=O) groups is 2. The molecule has 0 aliphatic carbocycles. The molecule has 1 aliphatic heterocycles. The minimum absolute atomic E-state index is 0.0129. The standard InChI is InChI=1S/C22H36N4O2/c1-4-26(5-2)21(27)19-11-8-12-20(16-19)24-22(28)23-13-6-7-14-25-15-9-10-18(3)17-25/h8,11-12,16,18H,4-7,9-10,13-15,17H2,1-3H3,(H2,23,24,28). The monoisotopic (exact) mass is 388 g/mol. The van der Waals surface area contributed by atoms with Crippen LogP contribution in [0, 0.1) is 5.92 Å². The van der Waals surface area contributed by atoms with Crippen molar-refractivity contribution in [3.8, 4) is 0 Å². The second kappa shape index (κ2) is 11.7. The van der Waals surface area contributed by atoms with Crippen molar-refractivity contribution < 1.29 is 9.59 Å². The highest BCUT2D eigenvalue weighted by atomic mass is 16.2. The molecule has 0 bridgehead atoms. The van der Waals surface area contributed by atoms with E-state index in [0.717, 1.165) is 25.3 Å². The van der Waals surface area contributed by atoms with Crippen LogP contribution in [-0.2, 0) is 0 Å². The van der Waals surface area contributed by atoms with Crippen molar-refractivity contribution >= 4 is 17.6 Å². The number of nitrogens with zero attached hydrogens (tertiary/aromatic N) is 2. The maximum Gasteiger partial charge on any atom is 0.319 e. The van der Waals surface area contributed by atoms with Gasteiger partial charge in [0.15, 0.2) is 0 Å². The average molecular weight is 389 g/mol. The van der Waals surface area contributed by atoms with Crippen molar-refractivity contribution in [3.05, 3.63) is 29.8 Å². The Labute approximate surface area is 169 Å². The molecule has 0 spiro atoms. The molecule has 28 heavy (non-hydrogen) atoms. The summed E-state index contributed by atoms with van der Waals surface area (Å²) in [6, 6.07) is 6.89. The summed E-state index contributed by atoms with van der Waals surface area (Å²) in [5, 5.41) is 5.73. The van der Waals surface area contributed by atoms with Gasteiger partial charge in [0.05, 0.1) is 0 Å². The van der Waals surface area contributed by atoms with Crippen molar-refractivity contribution in [3.63, 3.8) is 0 Å². The number of likely N-dealkylation sites (tertiary alicyclic amines) is 1. The maximum absolute atomic E-state index is 12.4. The molecule has 1 saturated heterocycles. The molecule has 3 amide bonds. The molecule has 1 atom stereocenters. The zero-order chi connectivity index (χ0) is 20.4. The molecule has 1 aliphatic rings. The lowest BCUT2D eigenvalue weighted by molar-refractivity contribution is 0.0773. The second-order valence-corrected chi connectivity index (χ2v) is 7.69. The van der Waals surface area contributed by atoms with Gasteiger partial charge in [0.25, 0.3) is 5.91 Å². The van der Waals surface area contributed by atoms with Gasteiger partial charge in [-0.05, 0) is 76.7 Å². The van der Waals surface area contributed by atoms with E-state index in [1.54, 1.807) is 29.2 Å². The molecule has 6 heteroatoms. The molecule has 1 aromatic rings. The van der Waals surface area contributed by atoms with Crippen molar-refractivity contribution in [2.45, 2.75) is 46.5 Å². The predicted molar refractivity (Wildman–Crippen MR) is 115 cm³/mol. The minimum Gasteiger partial charge on any atom is -0.339 e. The number of nitrogens with one attached hydrogen (secondary N) is 2. The van der Waals surface area contributed by atoms with Crippen molar-refractivity contribution in [2.75, 3.05) is 44.6 Å². The number of urea groups is 1. The van der Waals surface area contributed by atoms with E-state index in [1.165, 1.54) is 25.9 Å². The molecule has 1 fully saturated rings. The van der Waals surface area contributed by atoms with E-state index < -0.39 is 0 Å². The molecule has 1 heterocycles. The van der Waals surface area contributed by atoms with Gasteiger partial charge in [-0.25, -0.2) is 4.79 Å². The van der Waals surface area contributed by atoms with E-state index in [2.05, 4.69) is 22.5 Å². The minimum atomic E-state index is -0.223. The first kappa shape index (κ1) is 22.2. The molecular formula is C22H36N4O2. The number of hydrogen-bond donors (Lipinski definition) is 2. The van der Waals surface area contributed by atoms with Crippen LogP contribution < -0.4 is 10.6 Å². The molecule has 0 saturated carbocycles. The number of rotatable bonds is 9. The summed E-state index contributed by atoms with van der Waals surface area (Å²) in [6.45, 7) is 11.8. The molecule has 6 nitrogen and oxygen atoms in total. The van der Waals surface area contributed by atoms with Crippen molar-refractivity contribution in [2.24, 2.45) is 5.92 Å². The van der Waals surface area contributed by atoms with E-state index in [0.29, 0.717) is 30.9 Å². The summed E-state index contributed by atoms with van der Waals surface area (Å²) in [5.41, 5.74) is 1.23. The van der Waals surface area contributed by atoms with E-state index in [1.807, 2.05) is 13.8 Å². The first-order chi connectivity index (χ1) is 13.5. The van der Waals surface area contributed by atoms with Crippen molar-refractivity contribution in [1.29, 1.82) is 0 Å². The fourth-order valence-corrected chi connectivity index (χ4v) is 3.75. The largest absolute Gasteiger partial charge is 0.339 e. The molecule has 0 aromatic heterocycles. The Morgan fingerprint density at radius 1 is 1.21 bits per heavy atom. The molecule has 1 unspecified atom stereocenters. The number of amides is 3. The van der Waals surface area contributed by atoms with Crippen LogP contribution in [0.3, 0.4) is 0 Å². The quantitative estimate of drug-likeness (QED) is 0.633. The number of unbranched alkanes of at least 4 members (excludes halogenated alkanes) is 1. The first-order valence-electron chi connectivity index (χ1n) is 10.7. The van der Waals surface area contributed by atoms with Crippen molar-refractivity contribution in [1.82, 2.24) is 15.1 Å². The third-order valence-corrected chi connectivity index (χ3v) is 5.35. The lowest BCUT2D eigenvalue weighted by Gasteiger charge is -2.30. The number of benzene rings is 1. The highest BCUT2D eigenvalue weighted by Gasteiger charge is 2.15. The van der Waals surface area contributed by atoms with Gasteiger partial charge < -0.3 is 20.4 Å². The van der Waals surface area contributed by atoms with Gasteiger partial charge in [-0.2, -0.15) is 0 Å². The normalized spacial score (nSPS) is 17.2. The molecule has 2 rings (SSSR count). The fraction of sp³-hybridized carbons (Fsp3) is 0.636. The Bertz CT molecular complexity index is 631. The van der Waals surface area contributed by atoms with Gasteiger partial charge in [-0.3, -0.25) is 4.79 Å². The van der Waals surface area contributed by atoms with Crippen LogP contribution in [0.1, 0.15) is 56.8 Å². The van der Waals surface area contributed by atoms with Gasteiger partial charge in [0.1, 0.15) is 0 Å². The molecule has 156 valence electrons. The highest BCUT2D eigenvalue weighted by Crippen LogP contribution is 2.16. The summed E-state index contributed by atoms with van der Waals surface area (Å²) in [5.74, 6) is 0.795. The second-order valence-electron chi connectivity index (χ2n) is 7.69. The third-order valence-electron chi connectivity index (χ3n) is 5.35. The maximum atomic E-state index is 12.4. The average Bonchev–Trinajstić information content (AvgIpc) is 2.69. The highest BCUT2D eigenvalue weighted by molar-refractivity contribution is 5.96. The Hall–Kier alpha value is -2.08. The topological polar surface area (TPSA) is 64.7 Å². The number of carbonyl (C=O) groups excluding carboxylic acids is 2. The molecule has 2 N–H and O–H groups in total. The Kier molecular flexibility index (Phi) is 9.28. The Morgan fingerprint density at radius 3 is 2.71 bits per heavy atom. The Morgan fingerprint density at radius 2 is 2.00 bits per heavy atom. The third kappa shape index (κ3) is 7.15. The molecule has 0 radical (unpaired) electrons. The Balaban J connectivity index is 1.70. The van der Waals surface area contributed by atoms with Gasteiger partial charge in [0, 0.05) is 37.4 Å². The predicted octanol–water partition coefficient (Wildman–Crippen LogP) is 3.80. The summed E-state index contributed by atoms with van der Waals surface area (Å²) in [6.07, 6.45) is 4.72. The molecular weight excluding hydrogens is 352 g/mol. The van der Waals surface area contributed by atoms with E-state index in [4.69, 9.17) is 0 Å². The SMILES string of the molecule is CCN(CC)C(=O)c1cccc(NC(=O)NCCCCN2CCCC(C)C2)c1. The summed E-state index contributed by atoms with van der Waals surface area (Å²) in [7, 11) is 0. The van der Waals surface area contributed by atoms with Crippen LogP contribution in [0.2, 0.25) is 0 Å². The van der Waals surface area contributed by atoms with Gasteiger partial charge in [-0.1, -0.05) is 13.0 Å². The summed E-state index contributed by atoms with van der Waals surface area (Å²) >= 11 is 0. The lowest BCUT2D eigenvalue weighted by Crippen LogP contribution is -2.35. The van der Waals surface area contributed by atoms with Gasteiger partial charge in [-0.15, -0.1) is 0 Å². The van der Waals surface area contributed by atoms with Crippen LogP contribution in [0.5, 0.6) is 0 Å². The molecule has 1 aromatic carbocycles. The van der Waals surface area contributed by atoms with E-state index in [9.17, 15) is 9.59 Å². The van der Waals surface area contributed by atoms with Crippen LogP contribution >= 0.6 is 0 Å².